The molecule has 2 aliphatic heterocycles. The number of hydrogen-bond donors (Lipinski definition) is 1. The molecule has 1 aromatic heterocycles. The van der Waals surface area contributed by atoms with Crippen molar-refractivity contribution in [2.24, 2.45) is 0 Å². The van der Waals surface area contributed by atoms with Crippen LogP contribution in [0.4, 0.5) is 0 Å². The van der Waals surface area contributed by atoms with Crippen LogP contribution in [0.3, 0.4) is 0 Å². The second-order valence-corrected chi connectivity index (χ2v) is 9.89. The third kappa shape index (κ3) is 3.24. The molecule has 1 N–H and O–H groups in total. The van der Waals surface area contributed by atoms with Gasteiger partial charge in [0.2, 0.25) is 16.8 Å². The summed E-state index contributed by atoms with van der Waals surface area (Å²) in [5.74, 6) is 0.959. The zero-order valence-electron chi connectivity index (χ0n) is 15.7. The Morgan fingerprint density at radius 3 is 2.57 bits per heavy atom. The zero-order valence-corrected chi connectivity index (χ0v) is 17.3. The number of H-pyrrole nitrogens is 1. The van der Waals surface area contributed by atoms with Crippen LogP contribution in [0.2, 0.25) is 0 Å². The van der Waals surface area contributed by atoms with E-state index in [0.29, 0.717) is 27.3 Å². The summed E-state index contributed by atoms with van der Waals surface area (Å²) >= 11 is 0.973. The number of piperazine rings is 1. The minimum absolute atomic E-state index is 0.134. The lowest BCUT2D eigenvalue weighted by Crippen LogP contribution is -2.50. The molecular formula is C19H17N3O6S2. The van der Waals surface area contributed by atoms with Crippen LogP contribution in [0.25, 0.3) is 10.2 Å². The topological polar surface area (TPSA) is 109 Å². The first kappa shape index (κ1) is 19.1. The Bertz CT molecular complexity index is 1310. The van der Waals surface area contributed by atoms with Crippen molar-refractivity contribution < 1.29 is 22.7 Å². The molecule has 156 valence electrons. The lowest BCUT2D eigenvalue weighted by molar-refractivity contribution is 0.0697. The summed E-state index contributed by atoms with van der Waals surface area (Å²) in [5, 5.41) is 0. The van der Waals surface area contributed by atoms with E-state index in [2.05, 4.69) is 4.98 Å². The molecule has 5 rings (SSSR count). The summed E-state index contributed by atoms with van der Waals surface area (Å²) in [7, 11) is -3.72. The Hall–Kier alpha value is -2.89. The van der Waals surface area contributed by atoms with Crippen molar-refractivity contribution in [3.05, 3.63) is 51.6 Å². The molecule has 0 spiro atoms. The molecule has 0 atom stereocenters. The number of nitrogens with zero attached hydrogens (tertiary/aromatic N) is 2. The molecule has 1 saturated heterocycles. The van der Waals surface area contributed by atoms with Crippen LogP contribution in [-0.4, -0.2) is 61.5 Å². The van der Waals surface area contributed by atoms with E-state index in [4.69, 9.17) is 9.47 Å². The summed E-state index contributed by atoms with van der Waals surface area (Å²) in [6, 6.07) is 9.62. The number of rotatable bonds is 3. The van der Waals surface area contributed by atoms with Gasteiger partial charge in [-0.3, -0.25) is 9.59 Å². The number of aromatic amines is 1. The van der Waals surface area contributed by atoms with Crippen LogP contribution < -0.4 is 14.3 Å². The van der Waals surface area contributed by atoms with Crippen molar-refractivity contribution in [3.8, 4) is 11.5 Å². The van der Waals surface area contributed by atoms with Gasteiger partial charge in [0, 0.05) is 31.7 Å². The molecule has 2 aliphatic rings. The first-order chi connectivity index (χ1) is 14.4. The minimum atomic E-state index is -3.72. The molecule has 0 aliphatic carbocycles. The maximum atomic E-state index is 13.0. The van der Waals surface area contributed by atoms with E-state index < -0.39 is 10.0 Å². The number of fused-ring (bicyclic) bond motifs is 2. The Morgan fingerprint density at radius 1 is 1.00 bits per heavy atom. The fourth-order valence-corrected chi connectivity index (χ4v) is 5.88. The Morgan fingerprint density at radius 2 is 1.77 bits per heavy atom. The highest BCUT2D eigenvalue weighted by Crippen LogP contribution is 2.33. The molecule has 0 bridgehead atoms. The summed E-state index contributed by atoms with van der Waals surface area (Å²) in [6.07, 6.45) is 0. The van der Waals surface area contributed by atoms with Gasteiger partial charge in [-0.2, -0.15) is 4.31 Å². The average molecular weight is 447 g/mol. The van der Waals surface area contributed by atoms with E-state index in [-0.39, 0.29) is 48.6 Å². The van der Waals surface area contributed by atoms with Gasteiger partial charge in [0.05, 0.1) is 15.1 Å². The van der Waals surface area contributed by atoms with E-state index in [9.17, 15) is 18.0 Å². The molecule has 9 nitrogen and oxygen atoms in total. The standard InChI is InChI=1S/C19H17N3O6S2/c23-18(12-1-4-15-16(9-12)28-11-27-15)21-5-7-22(8-6-21)30(25,26)13-2-3-14-17(10-13)29-19(24)20-14/h1-4,9-10H,5-8,11H2,(H,20,24). The number of amides is 1. The number of aromatic nitrogens is 1. The number of carbonyl (C=O) groups excluding carboxylic acids is 1. The summed E-state index contributed by atoms with van der Waals surface area (Å²) < 4.78 is 38.6. The quantitative estimate of drug-likeness (QED) is 0.651. The molecule has 11 heteroatoms. The predicted octanol–water partition coefficient (Wildman–Crippen LogP) is 1.47. The number of sulfonamides is 1. The minimum Gasteiger partial charge on any atom is -0.454 e. The molecule has 0 saturated carbocycles. The van der Waals surface area contributed by atoms with Gasteiger partial charge in [0.25, 0.3) is 5.91 Å². The van der Waals surface area contributed by atoms with Gasteiger partial charge >= 0.3 is 4.87 Å². The van der Waals surface area contributed by atoms with E-state index in [0.717, 1.165) is 11.3 Å². The van der Waals surface area contributed by atoms with Gasteiger partial charge in [0.15, 0.2) is 11.5 Å². The third-order valence-corrected chi connectivity index (χ3v) is 7.92. The van der Waals surface area contributed by atoms with Crippen molar-refractivity contribution in [2.75, 3.05) is 33.0 Å². The van der Waals surface area contributed by atoms with Crippen LogP contribution >= 0.6 is 11.3 Å². The highest BCUT2D eigenvalue weighted by Gasteiger charge is 2.31. The smallest absolute Gasteiger partial charge is 0.305 e. The predicted molar refractivity (Wildman–Crippen MR) is 110 cm³/mol. The Kier molecular flexibility index (Phi) is 4.53. The summed E-state index contributed by atoms with van der Waals surface area (Å²) in [4.78, 5) is 28.5. The van der Waals surface area contributed by atoms with Crippen LogP contribution in [-0.2, 0) is 10.0 Å². The SMILES string of the molecule is O=C(c1ccc2c(c1)OCO2)N1CCN(S(=O)(=O)c2ccc3[nH]c(=O)sc3c2)CC1. The first-order valence-corrected chi connectivity index (χ1v) is 11.5. The van der Waals surface area contributed by atoms with E-state index >= 15 is 0 Å². The monoisotopic (exact) mass is 447 g/mol. The van der Waals surface area contributed by atoms with Gasteiger partial charge < -0.3 is 19.4 Å². The highest BCUT2D eigenvalue weighted by atomic mass is 32.2. The van der Waals surface area contributed by atoms with E-state index in [1.165, 1.54) is 16.4 Å². The van der Waals surface area contributed by atoms with E-state index in [1.54, 1.807) is 29.2 Å². The maximum absolute atomic E-state index is 13.0. The van der Waals surface area contributed by atoms with Crippen LogP contribution in [0.1, 0.15) is 10.4 Å². The third-order valence-electron chi connectivity index (χ3n) is 5.18. The molecular weight excluding hydrogens is 430 g/mol. The first-order valence-electron chi connectivity index (χ1n) is 9.24. The average Bonchev–Trinajstić information content (AvgIpc) is 3.37. The number of hydrogen-bond acceptors (Lipinski definition) is 7. The number of benzene rings is 2. The van der Waals surface area contributed by atoms with Crippen LogP contribution in [0, 0.1) is 0 Å². The molecule has 1 fully saturated rings. The van der Waals surface area contributed by atoms with Crippen molar-refractivity contribution in [3.63, 3.8) is 0 Å². The van der Waals surface area contributed by atoms with E-state index in [1.807, 2.05) is 0 Å². The van der Waals surface area contributed by atoms with Crippen molar-refractivity contribution >= 4 is 37.5 Å². The normalized spacial score (nSPS) is 16.9. The fourth-order valence-electron chi connectivity index (χ4n) is 3.58. The van der Waals surface area contributed by atoms with Gasteiger partial charge in [-0.15, -0.1) is 0 Å². The lowest BCUT2D eigenvalue weighted by atomic mass is 10.1. The van der Waals surface area contributed by atoms with Gasteiger partial charge in [-0.05, 0) is 36.4 Å². The molecule has 3 heterocycles. The fraction of sp³-hybridized carbons (Fsp3) is 0.263. The van der Waals surface area contributed by atoms with Gasteiger partial charge in [0.1, 0.15) is 0 Å². The van der Waals surface area contributed by atoms with Crippen molar-refractivity contribution in [2.45, 2.75) is 4.90 Å². The molecule has 2 aromatic carbocycles. The van der Waals surface area contributed by atoms with Crippen molar-refractivity contribution in [1.29, 1.82) is 0 Å². The maximum Gasteiger partial charge on any atom is 0.305 e. The second-order valence-electron chi connectivity index (χ2n) is 6.94. The highest BCUT2D eigenvalue weighted by molar-refractivity contribution is 7.89. The zero-order chi connectivity index (χ0) is 20.9. The molecule has 3 aromatic rings. The Labute approximate surface area is 175 Å². The number of nitrogens with one attached hydrogen (secondary N) is 1. The Balaban J connectivity index is 1.30. The summed E-state index contributed by atoms with van der Waals surface area (Å²) in [6.45, 7) is 1.09. The lowest BCUT2D eigenvalue weighted by Gasteiger charge is -2.34. The van der Waals surface area contributed by atoms with Crippen LogP contribution in [0.15, 0.2) is 46.1 Å². The molecule has 30 heavy (non-hydrogen) atoms. The second kappa shape index (κ2) is 7.11. The molecule has 0 unspecified atom stereocenters. The summed E-state index contributed by atoms with van der Waals surface area (Å²) in [5.41, 5.74) is 1.09. The van der Waals surface area contributed by atoms with Gasteiger partial charge in [-0.1, -0.05) is 11.3 Å². The number of thiazole rings is 1. The van der Waals surface area contributed by atoms with Crippen molar-refractivity contribution in [1.82, 2.24) is 14.2 Å². The molecule has 1 amide bonds. The van der Waals surface area contributed by atoms with Gasteiger partial charge in [-0.25, -0.2) is 8.42 Å². The number of carbonyl (C=O) groups is 1. The number of ether oxygens (including phenoxy) is 2. The largest absolute Gasteiger partial charge is 0.454 e. The molecule has 0 radical (unpaired) electrons. The van der Waals surface area contributed by atoms with Crippen LogP contribution in [0.5, 0.6) is 11.5 Å².